The van der Waals surface area contributed by atoms with Crippen molar-refractivity contribution in [1.82, 2.24) is 4.98 Å². The van der Waals surface area contributed by atoms with Crippen LogP contribution in [0, 0.1) is 6.92 Å². The molecule has 1 aromatic rings. The number of aryl methyl sites for hydroxylation is 1. The number of carboxylic acids is 1. The van der Waals surface area contributed by atoms with Crippen molar-refractivity contribution >= 4 is 5.97 Å². The number of hydrogen-bond acceptors (Lipinski definition) is 2. The zero-order chi connectivity index (χ0) is 10.7. The minimum absolute atomic E-state index is 0.0677. The minimum atomic E-state index is -2.73. The van der Waals surface area contributed by atoms with Crippen molar-refractivity contribution in [3.63, 3.8) is 0 Å². The van der Waals surface area contributed by atoms with Gasteiger partial charge in [0, 0.05) is 5.69 Å². The van der Waals surface area contributed by atoms with E-state index in [1.54, 1.807) is 6.92 Å². The van der Waals surface area contributed by atoms with Gasteiger partial charge in [0.15, 0.2) is 0 Å². The van der Waals surface area contributed by atoms with Gasteiger partial charge >= 0.3 is 5.97 Å². The third kappa shape index (κ3) is 2.48. The summed E-state index contributed by atoms with van der Waals surface area (Å²) in [6.45, 7) is 1.58. The molecule has 0 saturated heterocycles. The minimum Gasteiger partial charge on any atom is -0.481 e. The molecule has 0 aromatic carbocycles. The second kappa shape index (κ2) is 4.13. The number of halogens is 2. The summed E-state index contributed by atoms with van der Waals surface area (Å²) >= 11 is 0. The molecule has 0 saturated carbocycles. The largest absolute Gasteiger partial charge is 0.481 e. The Labute approximate surface area is 79.4 Å². The highest BCUT2D eigenvalue weighted by molar-refractivity contribution is 5.70. The SMILES string of the molecule is Cc1ccc(CC(=O)O)c(C(F)F)n1. The van der Waals surface area contributed by atoms with Gasteiger partial charge < -0.3 is 5.11 Å². The molecule has 0 amide bonds. The fraction of sp³-hybridized carbons (Fsp3) is 0.333. The first kappa shape index (κ1) is 10.6. The Morgan fingerprint density at radius 2 is 2.21 bits per heavy atom. The lowest BCUT2D eigenvalue weighted by Gasteiger charge is -2.06. The van der Waals surface area contributed by atoms with E-state index in [1.165, 1.54) is 12.1 Å². The van der Waals surface area contributed by atoms with Crippen molar-refractivity contribution in [2.75, 3.05) is 0 Å². The maximum Gasteiger partial charge on any atom is 0.307 e. The van der Waals surface area contributed by atoms with Gasteiger partial charge in [0.1, 0.15) is 5.69 Å². The number of carbonyl (C=O) groups is 1. The van der Waals surface area contributed by atoms with Crippen LogP contribution in [0.2, 0.25) is 0 Å². The summed E-state index contributed by atoms with van der Waals surface area (Å²) in [5, 5.41) is 8.47. The van der Waals surface area contributed by atoms with Crippen LogP contribution in [-0.2, 0) is 11.2 Å². The van der Waals surface area contributed by atoms with Gasteiger partial charge in [-0.15, -0.1) is 0 Å². The number of pyridine rings is 1. The van der Waals surface area contributed by atoms with E-state index < -0.39 is 24.5 Å². The number of nitrogens with zero attached hydrogens (tertiary/aromatic N) is 1. The normalized spacial score (nSPS) is 10.6. The lowest BCUT2D eigenvalue weighted by molar-refractivity contribution is -0.136. The molecule has 0 atom stereocenters. The second-order valence-corrected chi connectivity index (χ2v) is 2.87. The summed E-state index contributed by atoms with van der Waals surface area (Å²) in [5.74, 6) is -1.14. The number of rotatable bonds is 3. The molecule has 3 nitrogen and oxygen atoms in total. The zero-order valence-electron chi connectivity index (χ0n) is 7.50. The second-order valence-electron chi connectivity index (χ2n) is 2.87. The average molecular weight is 201 g/mol. The molecule has 0 aliphatic carbocycles. The van der Waals surface area contributed by atoms with Crippen molar-refractivity contribution in [3.8, 4) is 0 Å². The Kier molecular flexibility index (Phi) is 3.11. The van der Waals surface area contributed by atoms with Gasteiger partial charge in [0.2, 0.25) is 0 Å². The van der Waals surface area contributed by atoms with Crippen LogP contribution in [0.5, 0.6) is 0 Å². The van der Waals surface area contributed by atoms with Crippen molar-refractivity contribution in [1.29, 1.82) is 0 Å². The van der Waals surface area contributed by atoms with Crippen LogP contribution >= 0.6 is 0 Å². The van der Waals surface area contributed by atoms with Crippen LogP contribution in [0.25, 0.3) is 0 Å². The molecule has 0 bridgehead atoms. The highest BCUT2D eigenvalue weighted by atomic mass is 19.3. The first-order chi connectivity index (χ1) is 6.50. The van der Waals surface area contributed by atoms with Gasteiger partial charge in [-0.05, 0) is 18.6 Å². The van der Waals surface area contributed by atoms with Gasteiger partial charge in [-0.2, -0.15) is 0 Å². The Morgan fingerprint density at radius 1 is 1.57 bits per heavy atom. The topological polar surface area (TPSA) is 50.2 Å². The predicted octanol–water partition coefficient (Wildman–Crippen LogP) is 1.95. The highest BCUT2D eigenvalue weighted by Gasteiger charge is 2.16. The molecule has 1 aromatic heterocycles. The van der Waals surface area contributed by atoms with Gasteiger partial charge in [-0.1, -0.05) is 6.07 Å². The van der Waals surface area contributed by atoms with Crippen LogP contribution in [0.15, 0.2) is 12.1 Å². The maximum absolute atomic E-state index is 12.4. The van der Waals surface area contributed by atoms with E-state index in [0.717, 1.165) is 0 Å². The van der Waals surface area contributed by atoms with Crippen LogP contribution in [0.1, 0.15) is 23.4 Å². The van der Waals surface area contributed by atoms with Crippen molar-refractivity contribution in [3.05, 3.63) is 29.1 Å². The van der Waals surface area contributed by atoms with Crippen molar-refractivity contribution in [2.45, 2.75) is 19.8 Å². The van der Waals surface area contributed by atoms with Gasteiger partial charge in [0.25, 0.3) is 6.43 Å². The molecule has 0 spiro atoms. The predicted molar refractivity (Wildman–Crippen MR) is 45.3 cm³/mol. The Bertz CT molecular complexity index is 353. The molecule has 0 aliphatic rings. The molecule has 1 heterocycles. The van der Waals surface area contributed by atoms with E-state index in [-0.39, 0.29) is 5.56 Å². The Hall–Kier alpha value is -1.52. The average Bonchev–Trinajstić information content (AvgIpc) is 2.07. The summed E-state index contributed by atoms with van der Waals surface area (Å²) in [5.41, 5.74) is 0.0833. The van der Waals surface area contributed by atoms with E-state index in [4.69, 9.17) is 5.11 Å². The van der Waals surface area contributed by atoms with Crippen molar-refractivity contribution < 1.29 is 18.7 Å². The van der Waals surface area contributed by atoms with Crippen molar-refractivity contribution in [2.24, 2.45) is 0 Å². The number of alkyl halides is 2. The molecular formula is C9H9F2NO2. The number of aliphatic carboxylic acids is 1. The first-order valence-electron chi connectivity index (χ1n) is 3.97. The van der Waals surface area contributed by atoms with Crippen LogP contribution in [0.3, 0.4) is 0 Å². The van der Waals surface area contributed by atoms with E-state index in [2.05, 4.69) is 4.98 Å². The van der Waals surface area contributed by atoms with Gasteiger partial charge in [0.05, 0.1) is 6.42 Å². The quantitative estimate of drug-likeness (QED) is 0.813. The molecule has 0 unspecified atom stereocenters. The summed E-state index contributed by atoms with van der Waals surface area (Å²) < 4.78 is 24.8. The fourth-order valence-electron chi connectivity index (χ4n) is 1.11. The molecule has 14 heavy (non-hydrogen) atoms. The zero-order valence-corrected chi connectivity index (χ0v) is 7.50. The third-order valence-corrected chi connectivity index (χ3v) is 1.70. The Morgan fingerprint density at radius 3 is 2.71 bits per heavy atom. The van der Waals surface area contributed by atoms with E-state index in [0.29, 0.717) is 5.69 Å². The molecule has 5 heteroatoms. The van der Waals surface area contributed by atoms with E-state index >= 15 is 0 Å². The van der Waals surface area contributed by atoms with Gasteiger partial charge in [-0.3, -0.25) is 9.78 Å². The molecule has 1 N–H and O–H groups in total. The first-order valence-corrected chi connectivity index (χ1v) is 3.97. The lowest BCUT2D eigenvalue weighted by atomic mass is 10.1. The summed E-state index contributed by atoms with van der Waals surface area (Å²) in [6, 6.07) is 2.89. The molecule has 1 rings (SSSR count). The molecule has 76 valence electrons. The molecule has 0 aliphatic heterocycles. The summed E-state index contributed by atoms with van der Waals surface area (Å²) in [6.07, 6.45) is -3.16. The third-order valence-electron chi connectivity index (χ3n) is 1.70. The summed E-state index contributed by atoms with van der Waals surface area (Å²) in [4.78, 5) is 14.0. The smallest absolute Gasteiger partial charge is 0.307 e. The molecular weight excluding hydrogens is 192 g/mol. The van der Waals surface area contributed by atoms with Crippen LogP contribution < -0.4 is 0 Å². The van der Waals surface area contributed by atoms with Crippen LogP contribution in [-0.4, -0.2) is 16.1 Å². The monoisotopic (exact) mass is 201 g/mol. The Balaban J connectivity index is 3.08. The fourth-order valence-corrected chi connectivity index (χ4v) is 1.11. The standard InChI is InChI=1S/C9H9F2NO2/c1-5-2-3-6(4-7(13)14)8(12-5)9(10)11/h2-3,9H,4H2,1H3,(H,13,14). The summed E-state index contributed by atoms with van der Waals surface area (Å²) in [7, 11) is 0. The van der Waals surface area contributed by atoms with E-state index in [1.807, 2.05) is 0 Å². The highest BCUT2D eigenvalue weighted by Crippen LogP contribution is 2.21. The molecule has 0 radical (unpaired) electrons. The lowest BCUT2D eigenvalue weighted by Crippen LogP contribution is -2.06. The van der Waals surface area contributed by atoms with Gasteiger partial charge in [-0.25, -0.2) is 8.78 Å². The van der Waals surface area contributed by atoms with Crippen LogP contribution in [0.4, 0.5) is 8.78 Å². The number of hydrogen-bond donors (Lipinski definition) is 1. The van der Waals surface area contributed by atoms with E-state index in [9.17, 15) is 13.6 Å². The number of aromatic nitrogens is 1. The number of carboxylic acid groups (broad SMARTS) is 1. The maximum atomic E-state index is 12.4. The molecule has 0 fully saturated rings.